The van der Waals surface area contributed by atoms with Crippen molar-refractivity contribution < 1.29 is 0 Å². The third kappa shape index (κ3) is 2.45. The number of rotatable bonds is 2. The van der Waals surface area contributed by atoms with Gasteiger partial charge in [0.05, 0.1) is 5.69 Å². The molecule has 2 saturated heterocycles. The van der Waals surface area contributed by atoms with Crippen molar-refractivity contribution in [1.82, 2.24) is 20.0 Å². The van der Waals surface area contributed by atoms with E-state index in [1.54, 1.807) is 0 Å². The summed E-state index contributed by atoms with van der Waals surface area (Å²) in [5.74, 6) is 0. The van der Waals surface area contributed by atoms with E-state index >= 15 is 0 Å². The van der Waals surface area contributed by atoms with Crippen LogP contribution in [-0.4, -0.2) is 40.9 Å². The van der Waals surface area contributed by atoms with Crippen LogP contribution < -0.4 is 5.32 Å². The first-order valence-electron chi connectivity index (χ1n) is 7.17. The molecule has 1 aromatic rings. The molecule has 0 amide bonds. The van der Waals surface area contributed by atoms with Crippen LogP contribution in [0, 0.1) is 5.41 Å². The summed E-state index contributed by atoms with van der Waals surface area (Å²) in [5, 5.41) is 7.86. The number of aromatic nitrogens is 2. The van der Waals surface area contributed by atoms with Crippen LogP contribution >= 0.6 is 0 Å². The van der Waals surface area contributed by atoms with Gasteiger partial charge < -0.3 is 5.32 Å². The Balaban J connectivity index is 1.65. The third-order valence-corrected chi connectivity index (χ3v) is 4.61. The maximum absolute atomic E-state index is 4.26. The Bertz CT molecular complexity index is 387. The summed E-state index contributed by atoms with van der Waals surface area (Å²) in [4.78, 5) is 2.62. The molecule has 18 heavy (non-hydrogen) atoms. The van der Waals surface area contributed by atoms with E-state index in [9.17, 15) is 0 Å². The van der Waals surface area contributed by atoms with Gasteiger partial charge in [-0.2, -0.15) is 5.10 Å². The smallest absolute Gasteiger partial charge is 0.0521 e. The van der Waals surface area contributed by atoms with Gasteiger partial charge in [0.15, 0.2) is 0 Å². The van der Waals surface area contributed by atoms with Crippen molar-refractivity contribution in [2.45, 2.75) is 32.2 Å². The highest BCUT2D eigenvalue weighted by Gasteiger charge is 2.36. The molecule has 2 fully saturated rings. The van der Waals surface area contributed by atoms with Crippen molar-refractivity contribution in [3.63, 3.8) is 0 Å². The Morgan fingerprint density at radius 2 is 2.28 bits per heavy atom. The van der Waals surface area contributed by atoms with E-state index in [1.165, 1.54) is 57.6 Å². The molecule has 0 aromatic carbocycles. The Kier molecular flexibility index (Phi) is 3.39. The van der Waals surface area contributed by atoms with Crippen LogP contribution in [0.15, 0.2) is 12.3 Å². The number of aryl methyl sites for hydroxylation is 1. The topological polar surface area (TPSA) is 33.1 Å². The van der Waals surface area contributed by atoms with E-state index in [0.717, 1.165) is 6.54 Å². The number of hydrogen-bond donors (Lipinski definition) is 1. The molecule has 2 aliphatic rings. The van der Waals surface area contributed by atoms with E-state index in [2.05, 4.69) is 21.4 Å². The van der Waals surface area contributed by atoms with Crippen LogP contribution in [-0.2, 0) is 13.6 Å². The minimum atomic E-state index is 0.551. The zero-order valence-corrected chi connectivity index (χ0v) is 11.4. The highest BCUT2D eigenvalue weighted by Crippen LogP contribution is 2.36. The maximum Gasteiger partial charge on any atom is 0.0521 e. The van der Waals surface area contributed by atoms with Crippen molar-refractivity contribution in [3.8, 4) is 0 Å². The lowest BCUT2D eigenvalue weighted by Gasteiger charge is -2.45. The Labute approximate surface area is 109 Å². The van der Waals surface area contributed by atoms with Crippen LogP contribution in [0.2, 0.25) is 0 Å². The van der Waals surface area contributed by atoms with E-state index in [-0.39, 0.29) is 0 Å². The summed E-state index contributed by atoms with van der Waals surface area (Å²) in [7, 11) is 2.04. The van der Waals surface area contributed by atoms with E-state index in [0.29, 0.717) is 5.41 Å². The molecule has 0 radical (unpaired) electrons. The highest BCUT2D eigenvalue weighted by atomic mass is 15.3. The van der Waals surface area contributed by atoms with Crippen molar-refractivity contribution in [3.05, 3.63) is 18.0 Å². The minimum Gasteiger partial charge on any atom is -0.316 e. The predicted octanol–water partition coefficient (Wildman–Crippen LogP) is 1.39. The fourth-order valence-corrected chi connectivity index (χ4v) is 3.61. The molecule has 100 valence electrons. The highest BCUT2D eigenvalue weighted by molar-refractivity contribution is 5.01. The normalized spacial score (nSPS) is 29.8. The predicted molar refractivity (Wildman–Crippen MR) is 72.3 cm³/mol. The second kappa shape index (κ2) is 5.02. The summed E-state index contributed by atoms with van der Waals surface area (Å²) in [6, 6.07) is 2.14. The lowest BCUT2D eigenvalue weighted by Crippen LogP contribution is -2.50. The minimum absolute atomic E-state index is 0.551. The third-order valence-electron chi connectivity index (χ3n) is 4.61. The number of nitrogens with zero attached hydrogens (tertiary/aromatic N) is 3. The zero-order valence-electron chi connectivity index (χ0n) is 11.4. The first-order valence-corrected chi connectivity index (χ1v) is 7.17. The fourth-order valence-electron chi connectivity index (χ4n) is 3.61. The van der Waals surface area contributed by atoms with Gasteiger partial charge in [0, 0.05) is 32.9 Å². The summed E-state index contributed by atoms with van der Waals surface area (Å²) in [6.07, 6.45) is 7.40. The van der Waals surface area contributed by atoms with Crippen molar-refractivity contribution >= 4 is 0 Å². The van der Waals surface area contributed by atoms with Gasteiger partial charge in [-0.25, -0.2) is 0 Å². The van der Waals surface area contributed by atoms with Crippen LogP contribution in [0.3, 0.4) is 0 Å². The Morgan fingerprint density at radius 1 is 1.39 bits per heavy atom. The molecule has 2 aliphatic heterocycles. The molecule has 0 bridgehead atoms. The lowest BCUT2D eigenvalue weighted by atomic mass is 9.74. The molecule has 0 aliphatic carbocycles. The molecule has 1 spiro atoms. The van der Waals surface area contributed by atoms with Gasteiger partial charge in [0.25, 0.3) is 0 Å². The zero-order chi connectivity index (χ0) is 12.4. The second-order valence-corrected chi connectivity index (χ2v) is 6.04. The van der Waals surface area contributed by atoms with E-state index < -0.39 is 0 Å². The molecule has 1 aromatic heterocycles. The average Bonchev–Trinajstić information content (AvgIpc) is 2.76. The number of piperidine rings is 2. The summed E-state index contributed by atoms with van der Waals surface area (Å²) in [6.45, 7) is 5.98. The molecule has 3 heterocycles. The average molecular weight is 248 g/mol. The Hall–Kier alpha value is -0.870. The first kappa shape index (κ1) is 12.2. The van der Waals surface area contributed by atoms with Crippen LogP contribution in [0.1, 0.15) is 31.4 Å². The molecule has 1 N–H and O–H groups in total. The fraction of sp³-hybridized carbons (Fsp3) is 0.786. The summed E-state index contributed by atoms with van der Waals surface area (Å²) < 4.78 is 2.00. The van der Waals surface area contributed by atoms with Crippen LogP contribution in [0.4, 0.5) is 0 Å². The van der Waals surface area contributed by atoms with E-state index in [4.69, 9.17) is 0 Å². The monoisotopic (exact) mass is 248 g/mol. The second-order valence-electron chi connectivity index (χ2n) is 6.04. The number of hydrogen-bond acceptors (Lipinski definition) is 3. The standard InChI is InChI=1S/C14H24N4/c1-17-13(4-8-16-17)10-18-9-3-6-14(12-18)5-2-7-15-11-14/h4,8,15H,2-3,5-7,9-12H2,1H3. The first-order chi connectivity index (χ1) is 8.77. The van der Waals surface area contributed by atoms with Gasteiger partial charge in [0.1, 0.15) is 0 Å². The van der Waals surface area contributed by atoms with Gasteiger partial charge in [0.2, 0.25) is 0 Å². The summed E-state index contributed by atoms with van der Waals surface area (Å²) in [5.41, 5.74) is 1.88. The number of likely N-dealkylation sites (tertiary alicyclic amines) is 1. The molecular formula is C14H24N4. The van der Waals surface area contributed by atoms with Gasteiger partial charge in [-0.15, -0.1) is 0 Å². The van der Waals surface area contributed by atoms with Gasteiger partial charge in [-0.1, -0.05) is 0 Å². The SMILES string of the molecule is Cn1nccc1CN1CCCC2(CCCNC2)C1. The van der Waals surface area contributed by atoms with Gasteiger partial charge >= 0.3 is 0 Å². The van der Waals surface area contributed by atoms with Gasteiger partial charge in [-0.3, -0.25) is 9.58 Å². The van der Waals surface area contributed by atoms with Gasteiger partial charge in [-0.05, 0) is 50.3 Å². The lowest BCUT2D eigenvalue weighted by molar-refractivity contribution is 0.0586. The molecule has 4 heteroatoms. The molecule has 3 rings (SSSR count). The van der Waals surface area contributed by atoms with Crippen molar-refractivity contribution in [2.24, 2.45) is 12.5 Å². The molecular weight excluding hydrogens is 224 g/mol. The summed E-state index contributed by atoms with van der Waals surface area (Å²) >= 11 is 0. The van der Waals surface area contributed by atoms with Crippen molar-refractivity contribution in [1.29, 1.82) is 0 Å². The van der Waals surface area contributed by atoms with Crippen LogP contribution in [0.5, 0.6) is 0 Å². The molecule has 1 atom stereocenters. The molecule has 1 unspecified atom stereocenters. The molecule has 4 nitrogen and oxygen atoms in total. The van der Waals surface area contributed by atoms with Crippen LogP contribution in [0.25, 0.3) is 0 Å². The quantitative estimate of drug-likeness (QED) is 0.858. The number of nitrogens with one attached hydrogen (secondary N) is 1. The Morgan fingerprint density at radius 3 is 3.00 bits per heavy atom. The maximum atomic E-state index is 4.26. The van der Waals surface area contributed by atoms with E-state index in [1.807, 2.05) is 17.9 Å². The largest absolute Gasteiger partial charge is 0.316 e. The van der Waals surface area contributed by atoms with Crippen molar-refractivity contribution in [2.75, 3.05) is 26.2 Å². The molecule has 0 saturated carbocycles.